The average molecular weight is 315 g/mol. The van der Waals surface area contributed by atoms with E-state index in [4.69, 9.17) is 4.43 Å². The minimum Gasteiger partial charge on any atom is -0.417 e. The van der Waals surface area contributed by atoms with E-state index in [-0.39, 0.29) is 0 Å². The van der Waals surface area contributed by atoms with E-state index in [2.05, 4.69) is 51.8 Å². The molecule has 0 aliphatic heterocycles. The summed E-state index contributed by atoms with van der Waals surface area (Å²) < 4.78 is 6.17. The Kier molecular flexibility index (Phi) is 7.65. The second kappa shape index (κ2) is 8.98. The zero-order valence-corrected chi connectivity index (χ0v) is 15.8. The molecule has 0 amide bonds. The average Bonchev–Trinajstić information content (AvgIpc) is 2.45. The van der Waals surface area contributed by atoms with Crippen LogP contribution in [0.25, 0.3) is 0 Å². The molecule has 1 aromatic carbocycles. The smallest absolute Gasteiger partial charge is 0.191 e. The predicted octanol–water partition coefficient (Wildman–Crippen LogP) is 5.79. The van der Waals surface area contributed by atoms with Crippen molar-refractivity contribution in [1.82, 2.24) is 0 Å². The molecular formula is C20H30OSi. The van der Waals surface area contributed by atoms with Crippen LogP contribution in [0, 0.1) is 11.8 Å². The Morgan fingerprint density at radius 1 is 1.09 bits per heavy atom. The summed E-state index contributed by atoms with van der Waals surface area (Å²) in [6.07, 6.45) is 7.48. The van der Waals surface area contributed by atoms with Gasteiger partial charge in [0, 0.05) is 12.2 Å². The lowest BCUT2D eigenvalue weighted by Gasteiger charge is -2.36. The van der Waals surface area contributed by atoms with Crippen LogP contribution in [0.5, 0.6) is 0 Å². The zero-order chi connectivity index (χ0) is 16.5. The van der Waals surface area contributed by atoms with Gasteiger partial charge in [-0.15, -0.1) is 0 Å². The van der Waals surface area contributed by atoms with Gasteiger partial charge in [-0.3, -0.25) is 0 Å². The van der Waals surface area contributed by atoms with Crippen molar-refractivity contribution in [2.45, 2.75) is 58.2 Å². The molecule has 0 atom stereocenters. The van der Waals surface area contributed by atoms with Gasteiger partial charge in [0.2, 0.25) is 0 Å². The van der Waals surface area contributed by atoms with E-state index in [0.29, 0.717) is 5.04 Å². The van der Waals surface area contributed by atoms with E-state index in [0.717, 1.165) is 31.4 Å². The normalized spacial score (nSPS) is 12.2. The van der Waals surface area contributed by atoms with Crippen LogP contribution in [-0.4, -0.2) is 14.9 Å². The standard InChI is InChI=1S/C20H30OSi/c1-20(2,3)22(4,5)21-18-14-9-7-6-8-11-15-19-16-12-10-13-17-19/h6,8,10,12-13,16-17H,7,9,14,18H2,1-5H3/b8-6+. The van der Waals surface area contributed by atoms with Crippen molar-refractivity contribution in [2.75, 3.05) is 6.61 Å². The van der Waals surface area contributed by atoms with Crippen LogP contribution in [0.3, 0.4) is 0 Å². The summed E-state index contributed by atoms with van der Waals surface area (Å²) in [6, 6.07) is 10.1. The van der Waals surface area contributed by atoms with Crippen molar-refractivity contribution in [1.29, 1.82) is 0 Å². The first-order valence-electron chi connectivity index (χ1n) is 8.18. The fourth-order valence-electron chi connectivity index (χ4n) is 1.70. The van der Waals surface area contributed by atoms with Gasteiger partial charge < -0.3 is 4.43 Å². The van der Waals surface area contributed by atoms with Gasteiger partial charge in [0.15, 0.2) is 8.32 Å². The predicted molar refractivity (Wildman–Crippen MR) is 99.5 cm³/mol. The molecule has 0 aromatic heterocycles. The third kappa shape index (κ3) is 7.11. The summed E-state index contributed by atoms with van der Waals surface area (Å²) in [5, 5.41) is 0.305. The molecule has 0 fully saturated rings. The van der Waals surface area contributed by atoms with E-state index in [1.54, 1.807) is 0 Å². The van der Waals surface area contributed by atoms with Crippen LogP contribution in [0.4, 0.5) is 0 Å². The lowest BCUT2D eigenvalue weighted by molar-refractivity contribution is 0.279. The highest BCUT2D eigenvalue weighted by Gasteiger charge is 2.36. The van der Waals surface area contributed by atoms with E-state index in [1.165, 1.54) is 0 Å². The molecule has 0 aliphatic carbocycles. The highest BCUT2D eigenvalue weighted by molar-refractivity contribution is 6.74. The number of allylic oxidation sites excluding steroid dienone is 2. The van der Waals surface area contributed by atoms with Crippen molar-refractivity contribution in [3.8, 4) is 11.8 Å². The number of benzene rings is 1. The summed E-state index contributed by atoms with van der Waals surface area (Å²) in [5.74, 6) is 6.21. The maximum absolute atomic E-state index is 6.17. The zero-order valence-electron chi connectivity index (χ0n) is 14.8. The van der Waals surface area contributed by atoms with Crippen LogP contribution in [0.15, 0.2) is 42.5 Å². The quantitative estimate of drug-likeness (QED) is 0.367. The van der Waals surface area contributed by atoms with Crippen LogP contribution in [0.1, 0.15) is 45.6 Å². The molecule has 0 spiro atoms. The van der Waals surface area contributed by atoms with Crippen molar-refractivity contribution in [3.05, 3.63) is 48.0 Å². The molecule has 22 heavy (non-hydrogen) atoms. The summed E-state index contributed by atoms with van der Waals surface area (Å²) in [4.78, 5) is 0. The van der Waals surface area contributed by atoms with Gasteiger partial charge in [0.05, 0.1) is 0 Å². The second-order valence-electron chi connectivity index (χ2n) is 7.14. The van der Waals surface area contributed by atoms with Gasteiger partial charge in [-0.1, -0.05) is 56.9 Å². The summed E-state index contributed by atoms with van der Waals surface area (Å²) >= 11 is 0. The first-order valence-corrected chi connectivity index (χ1v) is 11.1. The van der Waals surface area contributed by atoms with Gasteiger partial charge in [-0.25, -0.2) is 0 Å². The van der Waals surface area contributed by atoms with Crippen molar-refractivity contribution >= 4 is 8.32 Å². The van der Waals surface area contributed by atoms with Crippen molar-refractivity contribution < 1.29 is 4.43 Å². The second-order valence-corrected chi connectivity index (χ2v) is 12.0. The van der Waals surface area contributed by atoms with Crippen LogP contribution >= 0.6 is 0 Å². The Morgan fingerprint density at radius 3 is 2.41 bits per heavy atom. The maximum atomic E-state index is 6.17. The Hall–Kier alpha value is -1.30. The molecule has 0 bridgehead atoms. The van der Waals surface area contributed by atoms with Gasteiger partial charge in [-0.05, 0) is 55.6 Å². The maximum Gasteiger partial charge on any atom is 0.191 e. The molecule has 0 radical (unpaired) electrons. The highest BCUT2D eigenvalue weighted by Crippen LogP contribution is 2.36. The number of hydrogen-bond acceptors (Lipinski definition) is 1. The summed E-state index contributed by atoms with van der Waals surface area (Å²) in [7, 11) is -1.56. The van der Waals surface area contributed by atoms with E-state index < -0.39 is 8.32 Å². The van der Waals surface area contributed by atoms with Gasteiger partial charge >= 0.3 is 0 Å². The van der Waals surface area contributed by atoms with E-state index in [1.807, 2.05) is 36.4 Å². The highest BCUT2D eigenvalue weighted by atomic mass is 28.4. The first kappa shape index (κ1) is 18.7. The fraction of sp³-hybridized carbons (Fsp3) is 0.500. The van der Waals surface area contributed by atoms with Gasteiger partial charge in [0.25, 0.3) is 0 Å². The molecule has 0 unspecified atom stereocenters. The molecule has 1 rings (SSSR count). The SMILES string of the molecule is CC(C)(C)[Si](C)(C)OCCCC/C=C/C#Cc1ccccc1. The van der Waals surface area contributed by atoms with Crippen LogP contribution < -0.4 is 0 Å². The fourth-order valence-corrected chi connectivity index (χ4v) is 2.78. The lowest BCUT2D eigenvalue weighted by atomic mass is 10.2. The summed E-state index contributed by atoms with van der Waals surface area (Å²) in [5.41, 5.74) is 1.06. The minimum absolute atomic E-state index is 0.305. The molecule has 2 heteroatoms. The van der Waals surface area contributed by atoms with Crippen LogP contribution in [-0.2, 0) is 4.43 Å². The van der Waals surface area contributed by atoms with Crippen molar-refractivity contribution in [2.24, 2.45) is 0 Å². The minimum atomic E-state index is -1.56. The summed E-state index contributed by atoms with van der Waals surface area (Å²) in [6.45, 7) is 12.4. The van der Waals surface area contributed by atoms with Crippen molar-refractivity contribution in [3.63, 3.8) is 0 Å². The Labute approximate surface area is 137 Å². The van der Waals surface area contributed by atoms with Crippen LogP contribution in [0.2, 0.25) is 18.1 Å². The molecule has 1 aromatic rings. The number of unbranched alkanes of at least 4 members (excludes halogenated alkanes) is 2. The molecule has 120 valence electrons. The molecule has 0 N–H and O–H groups in total. The first-order chi connectivity index (χ1) is 10.3. The molecule has 1 nitrogen and oxygen atoms in total. The molecular weight excluding hydrogens is 284 g/mol. The Bertz CT molecular complexity index is 512. The largest absolute Gasteiger partial charge is 0.417 e. The third-order valence-corrected chi connectivity index (χ3v) is 8.76. The lowest BCUT2D eigenvalue weighted by Crippen LogP contribution is -2.40. The molecule has 0 saturated heterocycles. The Morgan fingerprint density at radius 2 is 1.77 bits per heavy atom. The Balaban J connectivity index is 2.16. The molecule has 0 aliphatic rings. The van der Waals surface area contributed by atoms with Gasteiger partial charge in [0.1, 0.15) is 0 Å². The number of rotatable bonds is 6. The third-order valence-electron chi connectivity index (χ3n) is 4.23. The number of hydrogen-bond donors (Lipinski definition) is 0. The van der Waals surface area contributed by atoms with E-state index >= 15 is 0 Å². The monoisotopic (exact) mass is 314 g/mol. The van der Waals surface area contributed by atoms with Gasteiger partial charge in [-0.2, -0.15) is 0 Å². The molecule has 0 heterocycles. The van der Waals surface area contributed by atoms with E-state index in [9.17, 15) is 0 Å². The topological polar surface area (TPSA) is 9.23 Å². The molecule has 0 saturated carbocycles.